The second-order valence-corrected chi connectivity index (χ2v) is 11.7. The summed E-state index contributed by atoms with van der Waals surface area (Å²) in [6.45, 7) is 16.8. The molecule has 182 valence electrons. The van der Waals surface area contributed by atoms with Crippen molar-refractivity contribution in [3.05, 3.63) is 69.0 Å². The van der Waals surface area contributed by atoms with Gasteiger partial charge in [0.1, 0.15) is 0 Å². The quantitative estimate of drug-likeness (QED) is 0.240. The molecule has 0 saturated carbocycles. The van der Waals surface area contributed by atoms with Gasteiger partial charge in [-0.2, -0.15) is 0 Å². The maximum Gasteiger partial charge on any atom is 0.0664 e. The van der Waals surface area contributed by atoms with Gasteiger partial charge in [-0.25, -0.2) is 0 Å². The van der Waals surface area contributed by atoms with Crippen LogP contribution in [0, 0.1) is 0 Å². The van der Waals surface area contributed by atoms with E-state index in [1.54, 1.807) is 0 Å². The Morgan fingerprint density at radius 2 is 1.21 bits per heavy atom. The van der Waals surface area contributed by atoms with Crippen molar-refractivity contribution in [2.75, 3.05) is 0 Å². The molecule has 0 radical (unpaired) electrons. The molecular formula is C30H38Cl2N2. The fourth-order valence-electron chi connectivity index (χ4n) is 5.16. The molecule has 2 heterocycles. The van der Waals surface area contributed by atoms with E-state index in [2.05, 4.69) is 95.1 Å². The van der Waals surface area contributed by atoms with E-state index in [0.29, 0.717) is 23.7 Å². The highest BCUT2D eigenvalue weighted by atomic mass is 35.5. The van der Waals surface area contributed by atoms with Crippen LogP contribution >= 0.6 is 23.2 Å². The molecule has 0 aliphatic carbocycles. The predicted octanol–water partition coefficient (Wildman–Crippen LogP) is 10.0. The molecule has 0 amide bonds. The number of rotatable bonds is 7. The first-order chi connectivity index (χ1) is 16.0. The van der Waals surface area contributed by atoms with Crippen LogP contribution in [0.25, 0.3) is 21.8 Å². The van der Waals surface area contributed by atoms with Gasteiger partial charge in [0.15, 0.2) is 0 Å². The molecular weight excluding hydrogens is 459 g/mol. The van der Waals surface area contributed by atoms with Crippen LogP contribution in [0.3, 0.4) is 0 Å². The van der Waals surface area contributed by atoms with Gasteiger partial charge in [-0.3, -0.25) is 0 Å². The molecule has 4 heteroatoms. The topological polar surface area (TPSA) is 9.86 Å². The maximum atomic E-state index is 6.80. The Labute approximate surface area is 214 Å². The van der Waals surface area contributed by atoms with Gasteiger partial charge in [-0.1, -0.05) is 83.8 Å². The van der Waals surface area contributed by atoms with E-state index < -0.39 is 0 Å². The van der Waals surface area contributed by atoms with Crippen LogP contribution in [-0.2, 0) is 13.6 Å². The van der Waals surface area contributed by atoms with E-state index in [-0.39, 0.29) is 0 Å². The summed E-state index contributed by atoms with van der Waals surface area (Å²) in [6, 6.07) is 9.39. The molecule has 0 saturated heterocycles. The first-order valence-electron chi connectivity index (χ1n) is 12.6. The number of benzene rings is 2. The van der Waals surface area contributed by atoms with Gasteiger partial charge in [0.2, 0.25) is 0 Å². The number of halogens is 2. The zero-order valence-electron chi connectivity index (χ0n) is 21.8. The molecule has 0 bridgehead atoms. The van der Waals surface area contributed by atoms with E-state index in [4.69, 9.17) is 23.2 Å². The molecule has 2 aromatic heterocycles. The lowest BCUT2D eigenvalue weighted by molar-refractivity contribution is 0.588. The molecule has 0 fully saturated rings. The second-order valence-electron chi connectivity index (χ2n) is 10.9. The Morgan fingerprint density at radius 1 is 0.676 bits per heavy atom. The molecule has 1 unspecified atom stereocenters. The molecule has 0 N–H and O–H groups in total. The smallest absolute Gasteiger partial charge is 0.0664 e. The molecule has 4 aromatic rings. The SMILES string of the molecule is CC(C)c1cc(C(C)C)c2c(Cl)cn(CCC(C)c3cc(C(C)C)c4c(Cl)cn(C)c4c3)c2c1. The summed E-state index contributed by atoms with van der Waals surface area (Å²) in [6.07, 6.45) is 5.21. The van der Waals surface area contributed by atoms with Crippen LogP contribution in [0.2, 0.25) is 10.0 Å². The first kappa shape index (κ1) is 25.2. The molecule has 4 rings (SSSR count). The van der Waals surface area contributed by atoms with E-state index in [9.17, 15) is 0 Å². The fraction of sp³-hybridized carbons (Fsp3) is 0.467. The highest BCUT2D eigenvalue weighted by Crippen LogP contribution is 2.38. The van der Waals surface area contributed by atoms with Gasteiger partial charge >= 0.3 is 0 Å². The minimum Gasteiger partial charge on any atom is -0.349 e. The van der Waals surface area contributed by atoms with Crippen molar-refractivity contribution in [1.29, 1.82) is 0 Å². The van der Waals surface area contributed by atoms with E-state index >= 15 is 0 Å². The molecule has 0 spiro atoms. The van der Waals surface area contributed by atoms with Crippen molar-refractivity contribution in [2.24, 2.45) is 7.05 Å². The van der Waals surface area contributed by atoms with Gasteiger partial charge in [-0.05, 0) is 64.5 Å². The second kappa shape index (κ2) is 9.63. The van der Waals surface area contributed by atoms with Crippen molar-refractivity contribution < 1.29 is 0 Å². The third-order valence-corrected chi connectivity index (χ3v) is 7.94. The lowest BCUT2D eigenvalue weighted by atomic mass is 9.90. The molecule has 34 heavy (non-hydrogen) atoms. The first-order valence-corrected chi connectivity index (χ1v) is 13.4. The van der Waals surface area contributed by atoms with Crippen LogP contribution in [0.1, 0.15) is 101 Å². The molecule has 2 nitrogen and oxygen atoms in total. The van der Waals surface area contributed by atoms with Crippen molar-refractivity contribution >= 4 is 45.0 Å². The zero-order chi connectivity index (χ0) is 24.9. The monoisotopic (exact) mass is 496 g/mol. The highest BCUT2D eigenvalue weighted by Gasteiger charge is 2.19. The summed E-state index contributed by atoms with van der Waals surface area (Å²) >= 11 is 13.4. The maximum absolute atomic E-state index is 6.80. The molecule has 0 aliphatic heterocycles. The molecule has 0 aliphatic rings. The summed E-state index contributed by atoms with van der Waals surface area (Å²) in [5, 5.41) is 4.12. The van der Waals surface area contributed by atoms with Crippen molar-refractivity contribution in [1.82, 2.24) is 9.13 Å². The van der Waals surface area contributed by atoms with Crippen molar-refractivity contribution in [2.45, 2.75) is 85.1 Å². The van der Waals surface area contributed by atoms with Crippen molar-refractivity contribution in [3.63, 3.8) is 0 Å². The Hall–Kier alpha value is -1.90. The lowest BCUT2D eigenvalue weighted by Gasteiger charge is -2.18. The Balaban J connectivity index is 1.70. The van der Waals surface area contributed by atoms with Crippen LogP contribution in [0.5, 0.6) is 0 Å². The average Bonchev–Trinajstić information content (AvgIpc) is 3.25. The molecule has 2 aromatic carbocycles. The summed E-state index contributed by atoms with van der Waals surface area (Å²) in [4.78, 5) is 0. The van der Waals surface area contributed by atoms with E-state index in [0.717, 1.165) is 23.0 Å². The fourth-order valence-corrected chi connectivity index (χ4v) is 5.83. The van der Waals surface area contributed by atoms with E-state index in [1.165, 1.54) is 44.1 Å². The van der Waals surface area contributed by atoms with Crippen LogP contribution in [0.4, 0.5) is 0 Å². The highest BCUT2D eigenvalue weighted by molar-refractivity contribution is 6.36. The normalized spacial score (nSPS) is 13.3. The Bertz CT molecular complexity index is 1340. The third kappa shape index (κ3) is 4.52. The average molecular weight is 498 g/mol. The number of nitrogens with zero attached hydrogens (tertiary/aromatic N) is 2. The standard InChI is InChI=1S/C30H38Cl2N2/c1-17(2)21-11-23(18(3)4)30-26(32)16-34(28(30)13-21)10-9-20(7)22-12-24(19(5)6)29-25(31)15-33(8)27(29)14-22/h11-20H,9-10H2,1-8H3. The number of hydrogen-bond donors (Lipinski definition) is 0. The Kier molecular flexibility index (Phi) is 7.14. The Morgan fingerprint density at radius 3 is 1.79 bits per heavy atom. The largest absolute Gasteiger partial charge is 0.349 e. The third-order valence-electron chi connectivity index (χ3n) is 7.37. The van der Waals surface area contributed by atoms with Gasteiger partial charge in [0.25, 0.3) is 0 Å². The van der Waals surface area contributed by atoms with Crippen molar-refractivity contribution in [3.8, 4) is 0 Å². The summed E-state index contributed by atoms with van der Waals surface area (Å²) in [7, 11) is 2.08. The van der Waals surface area contributed by atoms with Gasteiger partial charge in [0.05, 0.1) is 15.6 Å². The van der Waals surface area contributed by atoms with Gasteiger partial charge in [-0.15, -0.1) is 0 Å². The summed E-state index contributed by atoms with van der Waals surface area (Å²) in [5.74, 6) is 1.77. The van der Waals surface area contributed by atoms with Gasteiger partial charge < -0.3 is 9.13 Å². The number of aromatic nitrogens is 2. The summed E-state index contributed by atoms with van der Waals surface area (Å²) in [5.41, 5.74) is 7.93. The zero-order valence-corrected chi connectivity index (χ0v) is 23.3. The van der Waals surface area contributed by atoms with Crippen LogP contribution in [0.15, 0.2) is 36.7 Å². The summed E-state index contributed by atoms with van der Waals surface area (Å²) < 4.78 is 4.52. The predicted molar refractivity (Wildman–Crippen MR) is 150 cm³/mol. The minimum absolute atomic E-state index is 0.421. The van der Waals surface area contributed by atoms with Crippen LogP contribution in [-0.4, -0.2) is 9.13 Å². The number of hydrogen-bond acceptors (Lipinski definition) is 0. The van der Waals surface area contributed by atoms with Crippen LogP contribution < -0.4 is 0 Å². The minimum atomic E-state index is 0.421. The lowest BCUT2D eigenvalue weighted by Crippen LogP contribution is -2.04. The van der Waals surface area contributed by atoms with E-state index in [1.807, 2.05) is 6.20 Å². The number of fused-ring (bicyclic) bond motifs is 2. The molecule has 1 atom stereocenters. The van der Waals surface area contributed by atoms with Gasteiger partial charge in [0, 0.05) is 42.3 Å². The number of aryl methyl sites for hydroxylation is 2.